The van der Waals surface area contributed by atoms with Crippen molar-refractivity contribution in [2.24, 2.45) is 5.73 Å². The van der Waals surface area contributed by atoms with Gasteiger partial charge in [0.1, 0.15) is 0 Å². The molecule has 4 heteroatoms. The SMILES string of the molecule is CN(Cc1cccc(Br)c1)C(=O)CN. The highest BCUT2D eigenvalue weighted by molar-refractivity contribution is 9.10. The number of hydrogen-bond acceptors (Lipinski definition) is 2. The third-order valence-electron chi connectivity index (χ3n) is 1.91. The van der Waals surface area contributed by atoms with Crippen molar-refractivity contribution in [2.45, 2.75) is 6.54 Å². The topological polar surface area (TPSA) is 46.3 Å². The summed E-state index contributed by atoms with van der Waals surface area (Å²) in [4.78, 5) is 12.8. The fourth-order valence-corrected chi connectivity index (χ4v) is 1.60. The molecule has 0 atom stereocenters. The van der Waals surface area contributed by atoms with Gasteiger partial charge in [-0.3, -0.25) is 4.79 Å². The van der Waals surface area contributed by atoms with Crippen LogP contribution in [0.4, 0.5) is 0 Å². The Balaban J connectivity index is 2.64. The van der Waals surface area contributed by atoms with E-state index in [4.69, 9.17) is 5.73 Å². The lowest BCUT2D eigenvalue weighted by molar-refractivity contribution is -0.128. The van der Waals surface area contributed by atoms with Gasteiger partial charge in [0.05, 0.1) is 6.54 Å². The Bertz CT molecular complexity index is 328. The molecule has 14 heavy (non-hydrogen) atoms. The molecule has 0 aliphatic carbocycles. The zero-order valence-electron chi connectivity index (χ0n) is 8.03. The van der Waals surface area contributed by atoms with E-state index < -0.39 is 0 Å². The summed E-state index contributed by atoms with van der Waals surface area (Å²) in [5, 5.41) is 0. The zero-order valence-corrected chi connectivity index (χ0v) is 9.62. The van der Waals surface area contributed by atoms with Crippen LogP contribution in [0.3, 0.4) is 0 Å². The van der Waals surface area contributed by atoms with Crippen LogP contribution in [0.25, 0.3) is 0 Å². The maximum absolute atomic E-state index is 11.2. The fraction of sp³-hybridized carbons (Fsp3) is 0.300. The average Bonchev–Trinajstić information content (AvgIpc) is 2.16. The molecule has 0 aliphatic rings. The molecule has 0 fully saturated rings. The van der Waals surface area contributed by atoms with E-state index in [1.54, 1.807) is 11.9 Å². The van der Waals surface area contributed by atoms with Crippen LogP contribution < -0.4 is 5.73 Å². The number of nitrogens with zero attached hydrogens (tertiary/aromatic N) is 1. The summed E-state index contributed by atoms with van der Waals surface area (Å²) in [5.74, 6) is -0.0509. The number of likely N-dealkylation sites (N-methyl/N-ethyl adjacent to an activating group) is 1. The van der Waals surface area contributed by atoms with Crippen molar-refractivity contribution >= 4 is 21.8 Å². The van der Waals surface area contributed by atoms with E-state index >= 15 is 0 Å². The highest BCUT2D eigenvalue weighted by Gasteiger charge is 2.06. The second-order valence-corrected chi connectivity index (χ2v) is 4.00. The molecule has 0 bridgehead atoms. The lowest BCUT2D eigenvalue weighted by Crippen LogP contribution is -2.32. The lowest BCUT2D eigenvalue weighted by Gasteiger charge is -2.16. The van der Waals surface area contributed by atoms with E-state index in [0.29, 0.717) is 6.54 Å². The Morgan fingerprint density at radius 1 is 1.57 bits per heavy atom. The van der Waals surface area contributed by atoms with Crippen LogP contribution in [0.2, 0.25) is 0 Å². The Morgan fingerprint density at radius 2 is 2.29 bits per heavy atom. The van der Waals surface area contributed by atoms with E-state index in [2.05, 4.69) is 15.9 Å². The second-order valence-electron chi connectivity index (χ2n) is 3.08. The Labute approximate surface area is 92.0 Å². The molecule has 0 spiro atoms. The lowest BCUT2D eigenvalue weighted by atomic mass is 10.2. The van der Waals surface area contributed by atoms with Crippen LogP contribution in [0.1, 0.15) is 5.56 Å². The minimum atomic E-state index is -0.0509. The van der Waals surface area contributed by atoms with Gasteiger partial charge in [0, 0.05) is 18.1 Å². The summed E-state index contributed by atoms with van der Waals surface area (Å²) in [6.45, 7) is 0.653. The van der Waals surface area contributed by atoms with Gasteiger partial charge >= 0.3 is 0 Å². The summed E-state index contributed by atoms with van der Waals surface area (Å²) in [6.07, 6.45) is 0. The first-order chi connectivity index (χ1) is 6.63. The van der Waals surface area contributed by atoms with Crippen molar-refractivity contribution in [3.8, 4) is 0 Å². The predicted molar refractivity (Wildman–Crippen MR) is 59.7 cm³/mol. The smallest absolute Gasteiger partial charge is 0.236 e. The largest absolute Gasteiger partial charge is 0.340 e. The van der Waals surface area contributed by atoms with Gasteiger partial charge < -0.3 is 10.6 Å². The molecular weight excluding hydrogens is 244 g/mol. The summed E-state index contributed by atoms with van der Waals surface area (Å²) >= 11 is 3.38. The van der Waals surface area contributed by atoms with Crippen LogP contribution >= 0.6 is 15.9 Å². The Hall–Kier alpha value is -0.870. The molecule has 0 saturated carbocycles. The summed E-state index contributed by atoms with van der Waals surface area (Å²) in [7, 11) is 1.75. The first-order valence-corrected chi connectivity index (χ1v) is 5.11. The predicted octanol–water partition coefficient (Wildman–Crippen LogP) is 1.37. The highest BCUT2D eigenvalue weighted by Crippen LogP contribution is 2.12. The van der Waals surface area contributed by atoms with E-state index in [1.165, 1.54) is 0 Å². The van der Waals surface area contributed by atoms with E-state index in [1.807, 2.05) is 24.3 Å². The average molecular weight is 257 g/mol. The van der Waals surface area contributed by atoms with Gasteiger partial charge in [-0.05, 0) is 17.7 Å². The molecule has 1 amide bonds. The summed E-state index contributed by atoms with van der Waals surface area (Å²) in [5.41, 5.74) is 6.34. The van der Waals surface area contributed by atoms with Gasteiger partial charge in [0.2, 0.25) is 5.91 Å². The Kier molecular flexibility index (Phi) is 4.10. The number of amides is 1. The first-order valence-electron chi connectivity index (χ1n) is 4.32. The minimum Gasteiger partial charge on any atom is -0.340 e. The molecule has 1 aromatic carbocycles. The Morgan fingerprint density at radius 3 is 2.86 bits per heavy atom. The van der Waals surface area contributed by atoms with E-state index in [-0.39, 0.29) is 12.5 Å². The van der Waals surface area contributed by atoms with Crippen molar-refractivity contribution in [1.29, 1.82) is 0 Å². The molecule has 0 aliphatic heterocycles. The number of carbonyl (C=O) groups excluding carboxylic acids is 1. The molecule has 0 saturated heterocycles. The van der Waals surface area contributed by atoms with E-state index in [9.17, 15) is 4.79 Å². The van der Waals surface area contributed by atoms with E-state index in [0.717, 1.165) is 10.0 Å². The minimum absolute atomic E-state index is 0.0509. The number of rotatable bonds is 3. The maximum Gasteiger partial charge on any atom is 0.236 e. The van der Waals surface area contributed by atoms with Gasteiger partial charge in [-0.2, -0.15) is 0 Å². The van der Waals surface area contributed by atoms with Gasteiger partial charge in [0.25, 0.3) is 0 Å². The number of hydrogen-bond donors (Lipinski definition) is 1. The molecule has 3 nitrogen and oxygen atoms in total. The molecule has 0 aromatic heterocycles. The number of nitrogens with two attached hydrogens (primary N) is 1. The van der Waals surface area contributed by atoms with Gasteiger partial charge in [-0.15, -0.1) is 0 Å². The van der Waals surface area contributed by atoms with Crippen LogP contribution in [0, 0.1) is 0 Å². The monoisotopic (exact) mass is 256 g/mol. The van der Waals surface area contributed by atoms with Crippen molar-refractivity contribution < 1.29 is 4.79 Å². The summed E-state index contributed by atoms with van der Waals surface area (Å²) < 4.78 is 1.02. The van der Waals surface area contributed by atoms with Crippen molar-refractivity contribution in [3.63, 3.8) is 0 Å². The second kappa shape index (κ2) is 5.12. The zero-order chi connectivity index (χ0) is 10.6. The van der Waals surface area contributed by atoms with Crippen LogP contribution in [0.5, 0.6) is 0 Å². The first kappa shape index (κ1) is 11.2. The van der Waals surface area contributed by atoms with Gasteiger partial charge in [0.15, 0.2) is 0 Å². The third-order valence-corrected chi connectivity index (χ3v) is 2.40. The molecule has 2 N–H and O–H groups in total. The third kappa shape index (κ3) is 3.12. The molecule has 0 heterocycles. The van der Waals surface area contributed by atoms with Gasteiger partial charge in [-0.1, -0.05) is 28.1 Å². The molecular formula is C10H13BrN2O. The number of carbonyl (C=O) groups is 1. The van der Waals surface area contributed by atoms with Crippen molar-refractivity contribution in [3.05, 3.63) is 34.3 Å². The number of benzene rings is 1. The van der Waals surface area contributed by atoms with Crippen molar-refractivity contribution in [2.75, 3.05) is 13.6 Å². The number of halogens is 1. The van der Waals surface area contributed by atoms with Gasteiger partial charge in [-0.25, -0.2) is 0 Å². The quantitative estimate of drug-likeness (QED) is 0.888. The standard InChI is InChI=1S/C10H13BrN2O/c1-13(10(14)6-12)7-8-3-2-4-9(11)5-8/h2-5H,6-7,12H2,1H3. The normalized spacial score (nSPS) is 9.93. The summed E-state index contributed by atoms with van der Waals surface area (Å²) in [6, 6.07) is 7.86. The molecule has 1 rings (SSSR count). The molecule has 0 radical (unpaired) electrons. The molecule has 1 aromatic rings. The van der Waals surface area contributed by atoms with Crippen LogP contribution in [0.15, 0.2) is 28.7 Å². The fourth-order valence-electron chi connectivity index (χ4n) is 1.15. The maximum atomic E-state index is 11.2. The van der Waals surface area contributed by atoms with Crippen LogP contribution in [-0.2, 0) is 11.3 Å². The molecule has 76 valence electrons. The van der Waals surface area contributed by atoms with Crippen molar-refractivity contribution in [1.82, 2.24) is 4.90 Å². The highest BCUT2D eigenvalue weighted by atomic mass is 79.9. The molecule has 0 unspecified atom stereocenters. The van der Waals surface area contributed by atoms with Crippen LogP contribution in [-0.4, -0.2) is 24.4 Å².